The molecule has 2 rings (SSSR count). The minimum absolute atomic E-state index is 0.247. The monoisotopic (exact) mass is 286 g/mol. The van der Waals surface area contributed by atoms with Gasteiger partial charge < -0.3 is 20.5 Å². The first-order valence-corrected chi connectivity index (χ1v) is 6.50. The number of carbonyl (C=O) groups excluding carboxylic acids is 1. The molecule has 0 aromatic heterocycles. The zero-order chi connectivity index (χ0) is 15.2. The maximum absolute atomic E-state index is 12.3. The molecule has 1 amide bonds. The molecule has 2 aromatic carbocycles. The van der Waals surface area contributed by atoms with Gasteiger partial charge in [-0.1, -0.05) is 12.1 Å². The fourth-order valence-corrected chi connectivity index (χ4v) is 1.96. The van der Waals surface area contributed by atoms with E-state index < -0.39 is 0 Å². The molecule has 3 N–H and O–H groups in total. The number of benzene rings is 2. The van der Waals surface area contributed by atoms with E-state index in [1.807, 2.05) is 24.3 Å². The van der Waals surface area contributed by atoms with Crippen LogP contribution in [-0.4, -0.2) is 20.1 Å². The Bertz CT molecular complexity index is 641. The lowest BCUT2D eigenvalue weighted by Gasteiger charge is -2.11. The largest absolute Gasteiger partial charge is 0.497 e. The lowest BCUT2D eigenvalue weighted by molar-refractivity contribution is 0.102. The first-order chi connectivity index (χ1) is 10.2. The summed E-state index contributed by atoms with van der Waals surface area (Å²) in [4.78, 5) is 12.3. The fraction of sp³-hybridized carbons (Fsp3) is 0.188. The second-order valence-corrected chi connectivity index (χ2v) is 4.42. The molecule has 0 fully saturated rings. The van der Waals surface area contributed by atoms with Crippen molar-refractivity contribution in [3.05, 3.63) is 53.6 Å². The van der Waals surface area contributed by atoms with Crippen LogP contribution >= 0.6 is 0 Å². The van der Waals surface area contributed by atoms with Gasteiger partial charge in [-0.25, -0.2) is 0 Å². The van der Waals surface area contributed by atoms with Gasteiger partial charge in [0.15, 0.2) is 0 Å². The van der Waals surface area contributed by atoms with Crippen LogP contribution in [0.15, 0.2) is 42.5 Å². The third-order valence-electron chi connectivity index (χ3n) is 3.07. The quantitative estimate of drug-likeness (QED) is 0.885. The number of methoxy groups -OCH3 is 2. The molecule has 0 aliphatic carbocycles. The van der Waals surface area contributed by atoms with Gasteiger partial charge in [0.1, 0.15) is 11.5 Å². The first-order valence-electron chi connectivity index (χ1n) is 6.50. The van der Waals surface area contributed by atoms with Crippen LogP contribution in [0.2, 0.25) is 0 Å². The molecule has 0 radical (unpaired) electrons. The number of carbonyl (C=O) groups is 1. The molecule has 21 heavy (non-hydrogen) atoms. The van der Waals surface area contributed by atoms with Gasteiger partial charge in [0, 0.05) is 18.3 Å². The van der Waals surface area contributed by atoms with Gasteiger partial charge in [-0.05, 0) is 29.8 Å². The van der Waals surface area contributed by atoms with E-state index in [2.05, 4.69) is 5.32 Å². The highest BCUT2D eigenvalue weighted by molar-refractivity contribution is 6.06. The molecule has 0 unspecified atom stereocenters. The van der Waals surface area contributed by atoms with Crippen LogP contribution in [0.4, 0.5) is 5.69 Å². The SMILES string of the molecule is COc1ccc(C(=O)Nc2cccc(CN)c2)c(OC)c1. The number of anilines is 1. The normalized spacial score (nSPS) is 10.0. The van der Waals surface area contributed by atoms with Gasteiger partial charge >= 0.3 is 0 Å². The summed E-state index contributed by atoms with van der Waals surface area (Å²) in [6.45, 7) is 0.426. The molecule has 110 valence electrons. The van der Waals surface area contributed by atoms with Crippen molar-refractivity contribution in [3.8, 4) is 11.5 Å². The highest BCUT2D eigenvalue weighted by atomic mass is 16.5. The molecular formula is C16H18N2O3. The third-order valence-corrected chi connectivity index (χ3v) is 3.07. The molecule has 5 nitrogen and oxygen atoms in total. The standard InChI is InChI=1S/C16H18N2O3/c1-20-13-6-7-14(15(9-13)21-2)16(19)18-12-5-3-4-11(8-12)10-17/h3-9H,10,17H2,1-2H3,(H,18,19). The summed E-state index contributed by atoms with van der Waals surface area (Å²) in [7, 11) is 3.08. The van der Waals surface area contributed by atoms with Crippen molar-refractivity contribution >= 4 is 11.6 Å². The average molecular weight is 286 g/mol. The molecule has 0 bridgehead atoms. The van der Waals surface area contributed by atoms with Gasteiger partial charge in [0.25, 0.3) is 5.91 Å². The zero-order valence-electron chi connectivity index (χ0n) is 12.1. The first kappa shape index (κ1) is 14.9. The topological polar surface area (TPSA) is 73.6 Å². The minimum atomic E-state index is -0.247. The lowest BCUT2D eigenvalue weighted by Crippen LogP contribution is -2.13. The molecule has 0 aliphatic rings. The number of ether oxygens (including phenoxy) is 2. The van der Waals surface area contributed by atoms with Crippen LogP contribution in [0.25, 0.3) is 0 Å². The van der Waals surface area contributed by atoms with Crippen LogP contribution in [0.5, 0.6) is 11.5 Å². The van der Waals surface area contributed by atoms with E-state index in [1.54, 1.807) is 25.3 Å². The van der Waals surface area contributed by atoms with E-state index in [1.165, 1.54) is 7.11 Å². The Morgan fingerprint density at radius 2 is 1.95 bits per heavy atom. The maximum atomic E-state index is 12.3. The lowest BCUT2D eigenvalue weighted by atomic mass is 10.1. The highest BCUT2D eigenvalue weighted by Gasteiger charge is 2.13. The minimum Gasteiger partial charge on any atom is -0.497 e. The average Bonchev–Trinajstić information content (AvgIpc) is 2.54. The number of hydrogen-bond acceptors (Lipinski definition) is 4. The fourth-order valence-electron chi connectivity index (χ4n) is 1.96. The maximum Gasteiger partial charge on any atom is 0.259 e. The Hall–Kier alpha value is -2.53. The van der Waals surface area contributed by atoms with Gasteiger partial charge in [0.05, 0.1) is 19.8 Å². The van der Waals surface area contributed by atoms with Gasteiger partial charge in [-0.15, -0.1) is 0 Å². The zero-order valence-corrected chi connectivity index (χ0v) is 12.1. The van der Waals surface area contributed by atoms with Crippen molar-refractivity contribution in [1.82, 2.24) is 0 Å². The van der Waals surface area contributed by atoms with Crippen LogP contribution in [-0.2, 0) is 6.54 Å². The van der Waals surface area contributed by atoms with Crippen molar-refractivity contribution in [2.75, 3.05) is 19.5 Å². The number of nitrogens with two attached hydrogens (primary N) is 1. The smallest absolute Gasteiger partial charge is 0.259 e. The summed E-state index contributed by atoms with van der Waals surface area (Å²) >= 11 is 0. The summed E-state index contributed by atoms with van der Waals surface area (Å²) in [6.07, 6.45) is 0. The molecule has 0 aliphatic heterocycles. The van der Waals surface area contributed by atoms with Crippen LogP contribution in [0.1, 0.15) is 15.9 Å². The second kappa shape index (κ2) is 6.76. The van der Waals surface area contributed by atoms with Crippen molar-refractivity contribution in [2.45, 2.75) is 6.54 Å². The number of nitrogens with one attached hydrogen (secondary N) is 1. The Labute approximate surface area is 123 Å². The molecule has 0 heterocycles. The summed E-state index contributed by atoms with van der Waals surface area (Å²) in [5, 5.41) is 2.83. The molecule has 0 saturated heterocycles. The summed E-state index contributed by atoms with van der Waals surface area (Å²) in [5.41, 5.74) is 7.68. The van der Waals surface area contributed by atoms with Crippen LogP contribution in [0, 0.1) is 0 Å². The number of hydrogen-bond donors (Lipinski definition) is 2. The summed E-state index contributed by atoms with van der Waals surface area (Å²) in [5.74, 6) is 0.846. The predicted octanol–water partition coefficient (Wildman–Crippen LogP) is 2.41. The Morgan fingerprint density at radius 3 is 2.62 bits per heavy atom. The second-order valence-electron chi connectivity index (χ2n) is 4.42. The Kier molecular flexibility index (Phi) is 4.79. The highest BCUT2D eigenvalue weighted by Crippen LogP contribution is 2.25. The van der Waals surface area contributed by atoms with Crippen molar-refractivity contribution in [1.29, 1.82) is 0 Å². The van der Waals surface area contributed by atoms with Crippen LogP contribution in [0.3, 0.4) is 0 Å². The Morgan fingerprint density at radius 1 is 1.14 bits per heavy atom. The van der Waals surface area contributed by atoms with Crippen molar-refractivity contribution < 1.29 is 14.3 Å². The number of amides is 1. The van der Waals surface area contributed by atoms with E-state index in [0.29, 0.717) is 29.3 Å². The van der Waals surface area contributed by atoms with Gasteiger partial charge in [0.2, 0.25) is 0 Å². The van der Waals surface area contributed by atoms with Gasteiger partial charge in [-0.2, -0.15) is 0 Å². The van der Waals surface area contributed by atoms with Gasteiger partial charge in [-0.3, -0.25) is 4.79 Å². The molecule has 5 heteroatoms. The van der Waals surface area contributed by atoms with E-state index in [-0.39, 0.29) is 5.91 Å². The number of rotatable bonds is 5. The third kappa shape index (κ3) is 3.52. The van der Waals surface area contributed by atoms with Crippen molar-refractivity contribution in [2.24, 2.45) is 5.73 Å². The van der Waals surface area contributed by atoms with E-state index >= 15 is 0 Å². The van der Waals surface area contributed by atoms with E-state index in [0.717, 1.165) is 5.56 Å². The molecule has 0 saturated carbocycles. The Balaban J connectivity index is 2.23. The van der Waals surface area contributed by atoms with Crippen molar-refractivity contribution in [3.63, 3.8) is 0 Å². The molecule has 2 aromatic rings. The summed E-state index contributed by atoms with van der Waals surface area (Å²) in [6, 6.07) is 12.5. The molecule has 0 spiro atoms. The predicted molar refractivity (Wildman–Crippen MR) is 81.8 cm³/mol. The molecule has 0 atom stereocenters. The van der Waals surface area contributed by atoms with E-state index in [4.69, 9.17) is 15.2 Å². The summed E-state index contributed by atoms with van der Waals surface area (Å²) < 4.78 is 10.3. The molecular weight excluding hydrogens is 268 g/mol. The van der Waals surface area contributed by atoms with E-state index in [9.17, 15) is 4.79 Å². The van der Waals surface area contributed by atoms with Crippen LogP contribution < -0.4 is 20.5 Å².